The lowest BCUT2D eigenvalue weighted by Gasteiger charge is -2.12. The Labute approximate surface area is 153 Å². The van der Waals surface area contributed by atoms with Gasteiger partial charge in [0.15, 0.2) is 11.0 Å². The van der Waals surface area contributed by atoms with Gasteiger partial charge in [-0.1, -0.05) is 0 Å². The topological polar surface area (TPSA) is 76.7 Å². The van der Waals surface area contributed by atoms with Crippen LogP contribution in [0.4, 0.5) is 0 Å². The zero-order chi connectivity index (χ0) is 17.0. The first kappa shape index (κ1) is 15.7. The number of aryl methyl sites for hydroxylation is 2. The summed E-state index contributed by atoms with van der Waals surface area (Å²) in [6, 6.07) is 0. The van der Waals surface area contributed by atoms with Gasteiger partial charge in [0.1, 0.15) is 22.3 Å². The van der Waals surface area contributed by atoms with Crippen molar-refractivity contribution in [3.8, 4) is 0 Å². The Hall–Kier alpha value is -1.51. The molecule has 0 spiro atoms. The first-order valence-corrected chi connectivity index (χ1v) is 10.4. The van der Waals surface area contributed by atoms with E-state index in [4.69, 9.17) is 9.97 Å². The maximum Gasteiger partial charge on any atom is 0.197 e. The standard InChI is InChI=1S/C17H19N5OS2/c1-22-12(8-23)20-21-17(22)25-16-13-10-4-2-3-5-11(10)24-15(13)18-14(19-16)9-6-7-9/h9,23H,2-8H2,1H3. The number of aliphatic hydroxyl groups is 1. The Bertz CT molecular complexity index is 960. The number of aliphatic hydroxyl groups excluding tert-OH is 1. The average molecular weight is 374 g/mol. The maximum atomic E-state index is 9.36. The van der Waals surface area contributed by atoms with Gasteiger partial charge in [0.25, 0.3) is 0 Å². The number of nitrogens with zero attached hydrogens (tertiary/aromatic N) is 5. The molecule has 1 saturated carbocycles. The molecule has 1 fully saturated rings. The molecule has 0 aromatic carbocycles. The summed E-state index contributed by atoms with van der Waals surface area (Å²) in [4.78, 5) is 12.4. The Morgan fingerprint density at radius 2 is 2.04 bits per heavy atom. The minimum absolute atomic E-state index is 0.107. The van der Waals surface area contributed by atoms with Gasteiger partial charge in [-0.05, 0) is 55.9 Å². The lowest BCUT2D eigenvalue weighted by molar-refractivity contribution is 0.266. The molecule has 0 aliphatic heterocycles. The van der Waals surface area contributed by atoms with Crippen molar-refractivity contribution in [3.63, 3.8) is 0 Å². The normalized spacial score (nSPS) is 17.2. The van der Waals surface area contributed by atoms with Gasteiger partial charge in [0.2, 0.25) is 0 Å². The highest BCUT2D eigenvalue weighted by atomic mass is 32.2. The van der Waals surface area contributed by atoms with Crippen LogP contribution < -0.4 is 0 Å². The van der Waals surface area contributed by atoms with E-state index in [2.05, 4.69) is 10.2 Å². The van der Waals surface area contributed by atoms with Gasteiger partial charge in [0.05, 0.1) is 0 Å². The van der Waals surface area contributed by atoms with E-state index >= 15 is 0 Å². The third kappa shape index (κ3) is 2.67. The fraction of sp³-hybridized carbons (Fsp3) is 0.529. The molecule has 0 saturated heterocycles. The number of thiophene rings is 1. The summed E-state index contributed by atoms with van der Waals surface area (Å²) in [6.45, 7) is -0.107. The molecule has 0 radical (unpaired) electrons. The van der Waals surface area contributed by atoms with E-state index in [1.54, 1.807) is 11.8 Å². The van der Waals surface area contributed by atoms with Gasteiger partial charge in [-0.15, -0.1) is 21.5 Å². The number of rotatable bonds is 4. The van der Waals surface area contributed by atoms with Crippen molar-refractivity contribution in [2.45, 2.75) is 61.2 Å². The van der Waals surface area contributed by atoms with Crippen LogP contribution in [0.3, 0.4) is 0 Å². The van der Waals surface area contributed by atoms with Gasteiger partial charge in [-0.3, -0.25) is 0 Å². The minimum atomic E-state index is -0.107. The van der Waals surface area contributed by atoms with Crippen LogP contribution in [0.1, 0.15) is 53.7 Å². The molecule has 3 heterocycles. The highest BCUT2D eigenvalue weighted by Gasteiger charge is 2.30. The molecule has 0 unspecified atom stereocenters. The summed E-state index contributed by atoms with van der Waals surface area (Å²) in [6.07, 6.45) is 7.19. The van der Waals surface area contributed by atoms with Crippen LogP contribution in [-0.2, 0) is 26.5 Å². The molecule has 0 bridgehead atoms. The SMILES string of the molecule is Cn1c(CO)nnc1Sc1nc(C2CC2)nc2sc3c(c12)CCCC3. The number of fused-ring (bicyclic) bond motifs is 3. The van der Waals surface area contributed by atoms with Crippen LogP contribution in [0.15, 0.2) is 10.2 Å². The van der Waals surface area contributed by atoms with Gasteiger partial charge < -0.3 is 9.67 Å². The number of hydrogen-bond donors (Lipinski definition) is 1. The Morgan fingerprint density at radius 3 is 2.80 bits per heavy atom. The fourth-order valence-corrected chi connectivity index (χ4v) is 5.69. The zero-order valence-corrected chi connectivity index (χ0v) is 15.7. The van der Waals surface area contributed by atoms with Crippen molar-refractivity contribution >= 4 is 33.3 Å². The first-order valence-electron chi connectivity index (χ1n) is 8.73. The van der Waals surface area contributed by atoms with Gasteiger partial charge in [-0.25, -0.2) is 9.97 Å². The summed E-state index contributed by atoms with van der Waals surface area (Å²) in [5.74, 6) is 2.08. The first-order chi connectivity index (χ1) is 12.2. The van der Waals surface area contributed by atoms with E-state index in [1.807, 2.05) is 23.0 Å². The molecular formula is C17H19N5OS2. The second-order valence-corrected chi connectivity index (χ2v) is 8.81. The minimum Gasteiger partial charge on any atom is -0.388 e. The summed E-state index contributed by atoms with van der Waals surface area (Å²) >= 11 is 3.40. The van der Waals surface area contributed by atoms with Crippen LogP contribution in [0.25, 0.3) is 10.2 Å². The highest BCUT2D eigenvalue weighted by molar-refractivity contribution is 7.99. The molecule has 0 atom stereocenters. The molecular weight excluding hydrogens is 354 g/mol. The van der Waals surface area contributed by atoms with E-state index in [1.165, 1.54) is 41.5 Å². The number of aromatic nitrogens is 5. The Balaban J connectivity index is 1.66. The summed E-state index contributed by atoms with van der Waals surface area (Å²) in [7, 11) is 1.89. The van der Waals surface area contributed by atoms with Gasteiger partial charge >= 0.3 is 0 Å². The molecule has 6 nitrogen and oxygen atoms in total. The van der Waals surface area contributed by atoms with E-state index in [9.17, 15) is 5.11 Å². The molecule has 5 rings (SSSR count). The molecule has 2 aliphatic carbocycles. The predicted octanol–water partition coefficient (Wildman–Crippen LogP) is 3.22. The Kier molecular flexibility index (Phi) is 3.79. The van der Waals surface area contributed by atoms with Crippen molar-refractivity contribution in [1.29, 1.82) is 0 Å². The molecule has 3 aromatic heterocycles. The lowest BCUT2D eigenvalue weighted by atomic mass is 9.97. The van der Waals surface area contributed by atoms with Crippen LogP contribution >= 0.6 is 23.1 Å². The third-order valence-corrected chi connectivity index (χ3v) is 7.21. The lowest BCUT2D eigenvalue weighted by Crippen LogP contribution is -2.02. The molecule has 3 aromatic rings. The van der Waals surface area contributed by atoms with E-state index in [0.29, 0.717) is 11.7 Å². The maximum absolute atomic E-state index is 9.36. The molecule has 1 N–H and O–H groups in total. The quantitative estimate of drug-likeness (QED) is 0.708. The molecule has 8 heteroatoms. The fourth-order valence-electron chi connectivity index (χ4n) is 3.40. The Morgan fingerprint density at radius 1 is 1.20 bits per heavy atom. The van der Waals surface area contributed by atoms with E-state index < -0.39 is 0 Å². The zero-order valence-electron chi connectivity index (χ0n) is 14.0. The summed E-state index contributed by atoms with van der Waals surface area (Å²) < 4.78 is 1.84. The van der Waals surface area contributed by atoms with Gasteiger partial charge in [0, 0.05) is 23.2 Å². The highest BCUT2D eigenvalue weighted by Crippen LogP contribution is 2.44. The van der Waals surface area contributed by atoms with Crippen molar-refractivity contribution in [3.05, 3.63) is 22.1 Å². The monoisotopic (exact) mass is 373 g/mol. The predicted molar refractivity (Wildman–Crippen MR) is 97.1 cm³/mol. The van der Waals surface area contributed by atoms with E-state index in [0.717, 1.165) is 33.7 Å². The van der Waals surface area contributed by atoms with Crippen molar-refractivity contribution in [2.75, 3.05) is 0 Å². The third-order valence-electron chi connectivity index (χ3n) is 5.00. The molecule has 130 valence electrons. The number of hydrogen-bond acceptors (Lipinski definition) is 7. The van der Waals surface area contributed by atoms with Crippen LogP contribution in [0.2, 0.25) is 0 Å². The van der Waals surface area contributed by atoms with Crippen LogP contribution in [-0.4, -0.2) is 29.8 Å². The van der Waals surface area contributed by atoms with Crippen molar-refractivity contribution < 1.29 is 5.11 Å². The largest absolute Gasteiger partial charge is 0.388 e. The van der Waals surface area contributed by atoms with Crippen LogP contribution in [0, 0.1) is 0 Å². The summed E-state index contributed by atoms with van der Waals surface area (Å²) in [5, 5.41) is 20.7. The van der Waals surface area contributed by atoms with Gasteiger partial charge in [-0.2, -0.15) is 0 Å². The average Bonchev–Trinajstić information content (AvgIpc) is 3.33. The van der Waals surface area contributed by atoms with Crippen molar-refractivity contribution in [1.82, 2.24) is 24.7 Å². The second kappa shape index (κ2) is 6.03. The molecule has 25 heavy (non-hydrogen) atoms. The molecule has 2 aliphatic rings. The molecule has 0 amide bonds. The smallest absolute Gasteiger partial charge is 0.197 e. The summed E-state index contributed by atoms with van der Waals surface area (Å²) in [5.41, 5.74) is 1.45. The van der Waals surface area contributed by atoms with Crippen LogP contribution in [0.5, 0.6) is 0 Å². The van der Waals surface area contributed by atoms with E-state index in [-0.39, 0.29) is 6.61 Å². The second-order valence-electron chi connectivity index (χ2n) is 6.77. The van der Waals surface area contributed by atoms with Crippen molar-refractivity contribution in [2.24, 2.45) is 7.05 Å².